The van der Waals surface area contributed by atoms with Crippen molar-refractivity contribution in [2.45, 2.75) is 18.9 Å². The number of rotatable bonds is 4. The number of carbonyl (C=O) groups excluding carboxylic acids is 2. The second kappa shape index (κ2) is 6.59. The van der Waals surface area contributed by atoms with Crippen LogP contribution in [0.4, 0.5) is 5.69 Å². The van der Waals surface area contributed by atoms with Crippen LogP contribution in [-0.2, 0) is 14.3 Å². The molecule has 2 aromatic rings. The van der Waals surface area contributed by atoms with E-state index < -0.39 is 0 Å². The molecule has 1 aliphatic carbocycles. The Hall–Kier alpha value is -2.82. The van der Waals surface area contributed by atoms with Crippen LogP contribution in [0.15, 0.2) is 54.6 Å². The maximum Gasteiger partial charge on any atom is 0.309 e. The zero-order valence-electron chi connectivity index (χ0n) is 13.8. The predicted molar refractivity (Wildman–Crippen MR) is 92.3 cm³/mol. The Kier molecular flexibility index (Phi) is 4.14. The van der Waals surface area contributed by atoms with Crippen molar-refractivity contribution in [3.63, 3.8) is 0 Å². The van der Waals surface area contributed by atoms with E-state index in [1.165, 1.54) is 0 Å². The molecule has 1 saturated carbocycles. The topological polar surface area (TPSA) is 55.8 Å². The van der Waals surface area contributed by atoms with Crippen LogP contribution in [0.5, 0.6) is 5.75 Å². The fourth-order valence-electron chi connectivity index (χ4n) is 3.06. The molecule has 5 heteroatoms. The molecule has 1 aliphatic heterocycles. The number of anilines is 1. The first kappa shape index (κ1) is 15.7. The Morgan fingerprint density at radius 3 is 2.52 bits per heavy atom. The maximum absolute atomic E-state index is 12.9. The van der Waals surface area contributed by atoms with Crippen LogP contribution in [0, 0.1) is 5.92 Å². The number of ether oxygens (including phenoxy) is 2. The number of esters is 1. The van der Waals surface area contributed by atoms with Gasteiger partial charge < -0.3 is 9.47 Å². The van der Waals surface area contributed by atoms with Crippen molar-refractivity contribution in [1.29, 1.82) is 0 Å². The van der Waals surface area contributed by atoms with Crippen molar-refractivity contribution in [3.8, 4) is 5.75 Å². The van der Waals surface area contributed by atoms with Gasteiger partial charge in [-0.1, -0.05) is 42.5 Å². The molecular formula is C20H19NO4. The second-order valence-corrected chi connectivity index (χ2v) is 6.35. The first-order valence-corrected chi connectivity index (χ1v) is 8.49. The molecule has 0 unspecified atom stereocenters. The van der Waals surface area contributed by atoms with E-state index in [-0.39, 0.29) is 30.4 Å². The summed E-state index contributed by atoms with van der Waals surface area (Å²) in [5.74, 6) is 0.135. The first-order chi connectivity index (χ1) is 12.2. The minimum absolute atomic E-state index is 0.0188. The first-order valence-electron chi connectivity index (χ1n) is 8.49. The highest BCUT2D eigenvalue weighted by Gasteiger charge is 2.35. The van der Waals surface area contributed by atoms with E-state index >= 15 is 0 Å². The number of hydrogen-bond acceptors (Lipinski definition) is 4. The van der Waals surface area contributed by atoms with Crippen LogP contribution in [0.25, 0.3) is 0 Å². The van der Waals surface area contributed by atoms with Gasteiger partial charge in [-0.25, -0.2) is 0 Å². The molecule has 128 valence electrons. The second-order valence-electron chi connectivity index (χ2n) is 6.35. The van der Waals surface area contributed by atoms with Gasteiger partial charge in [-0.3, -0.25) is 14.5 Å². The van der Waals surface area contributed by atoms with Crippen LogP contribution in [0.2, 0.25) is 0 Å². The van der Waals surface area contributed by atoms with Crippen molar-refractivity contribution in [3.05, 3.63) is 60.2 Å². The summed E-state index contributed by atoms with van der Waals surface area (Å²) in [6.45, 7) is 0.121. The largest absolute Gasteiger partial charge is 0.489 e. The zero-order chi connectivity index (χ0) is 17.2. The van der Waals surface area contributed by atoms with E-state index in [9.17, 15) is 9.59 Å². The molecule has 0 N–H and O–H groups in total. The van der Waals surface area contributed by atoms with E-state index in [0.717, 1.165) is 18.4 Å². The highest BCUT2D eigenvalue weighted by atomic mass is 16.5. The van der Waals surface area contributed by atoms with Gasteiger partial charge in [0.15, 0.2) is 6.61 Å². The van der Waals surface area contributed by atoms with Gasteiger partial charge in [0.25, 0.3) is 5.91 Å². The number of amides is 1. The number of nitrogens with zero attached hydrogens (tertiary/aromatic N) is 1. The normalized spacial score (nSPS) is 18.9. The lowest BCUT2D eigenvalue weighted by Gasteiger charge is -2.37. The summed E-state index contributed by atoms with van der Waals surface area (Å²) in [4.78, 5) is 26.3. The molecular weight excluding hydrogens is 318 g/mol. The molecule has 1 fully saturated rings. The SMILES string of the molecule is O=C(OCC(=O)N1c2ccccc2OC[C@H]1c1ccccc1)C1CC1. The van der Waals surface area contributed by atoms with Crippen LogP contribution in [-0.4, -0.2) is 25.1 Å². The lowest BCUT2D eigenvalue weighted by Crippen LogP contribution is -2.43. The quantitative estimate of drug-likeness (QED) is 0.805. The Bertz CT molecular complexity index is 785. The molecule has 0 radical (unpaired) electrons. The fraction of sp³-hybridized carbons (Fsp3) is 0.300. The van der Waals surface area contributed by atoms with Gasteiger partial charge in [-0.05, 0) is 30.5 Å². The van der Waals surface area contributed by atoms with Gasteiger partial charge in [0.2, 0.25) is 0 Å². The average Bonchev–Trinajstić information content (AvgIpc) is 3.51. The van der Waals surface area contributed by atoms with Crippen LogP contribution in [0.1, 0.15) is 24.4 Å². The fourth-order valence-corrected chi connectivity index (χ4v) is 3.06. The number of para-hydroxylation sites is 2. The van der Waals surface area contributed by atoms with Crippen LogP contribution >= 0.6 is 0 Å². The smallest absolute Gasteiger partial charge is 0.309 e. The summed E-state index contributed by atoms with van der Waals surface area (Å²) in [5, 5.41) is 0. The van der Waals surface area contributed by atoms with Crippen molar-refractivity contribution in [2.24, 2.45) is 5.92 Å². The van der Waals surface area contributed by atoms with E-state index in [4.69, 9.17) is 9.47 Å². The third-order valence-corrected chi connectivity index (χ3v) is 4.53. The van der Waals surface area contributed by atoms with Gasteiger partial charge >= 0.3 is 5.97 Å². The predicted octanol–water partition coefficient (Wildman–Crippen LogP) is 3.11. The minimum Gasteiger partial charge on any atom is -0.489 e. The number of carbonyl (C=O) groups is 2. The Morgan fingerprint density at radius 1 is 1.04 bits per heavy atom. The van der Waals surface area contributed by atoms with Gasteiger partial charge in [0.1, 0.15) is 12.4 Å². The van der Waals surface area contributed by atoms with Crippen LogP contribution < -0.4 is 9.64 Å². The van der Waals surface area contributed by atoms with Gasteiger partial charge in [0.05, 0.1) is 17.6 Å². The highest BCUT2D eigenvalue weighted by molar-refractivity contribution is 5.98. The van der Waals surface area contributed by atoms with Gasteiger partial charge in [0, 0.05) is 0 Å². The molecule has 1 amide bonds. The lowest BCUT2D eigenvalue weighted by molar-refractivity contribution is -0.149. The number of fused-ring (bicyclic) bond motifs is 1. The highest BCUT2D eigenvalue weighted by Crippen LogP contribution is 2.39. The van der Waals surface area contributed by atoms with E-state index in [1.807, 2.05) is 54.6 Å². The molecule has 2 aliphatic rings. The van der Waals surface area contributed by atoms with E-state index in [1.54, 1.807) is 4.90 Å². The summed E-state index contributed by atoms with van der Waals surface area (Å²) in [7, 11) is 0. The van der Waals surface area contributed by atoms with Crippen molar-refractivity contribution in [1.82, 2.24) is 0 Å². The molecule has 5 nitrogen and oxygen atoms in total. The summed E-state index contributed by atoms with van der Waals surface area (Å²) in [6, 6.07) is 16.9. The van der Waals surface area contributed by atoms with Crippen molar-refractivity contribution < 1.29 is 19.1 Å². The van der Waals surface area contributed by atoms with Gasteiger partial charge in [-0.2, -0.15) is 0 Å². The third-order valence-electron chi connectivity index (χ3n) is 4.53. The van der Waals surface area contributed by atoms with Gasteiger partial charge in [-0.15, -0.1) is 0 Å². The maximum atomic E-state index is 12.9. The molecule has 0 spiro atoms. The molecule has 1 atom stereocenters. The standard InChI is InChI=1S/C20H19NO4/c22-19(13-25-20(23)15-10-11-15)21-16-8-4-5-9-18(16)24-12-17(21)14-6-2-1-3-7-14/h1-9,15,17H,10-13H2/t17-/m0/s1. The molecule has 0 aromatic heterocycles. The molecule has 1 heterocycles. The molecule has 2 aromatic carbocycles. The van der Waals surface area contributed by atoms with E-state index in [0.29, 0.717) is 18.0 Å². The Balaban J connectivity index is 1.61. The summed E-state index contributed by atoms with van der Waals surface area (Å²) in [6.07, 6.45) is 1.72. The van der Waals surface area contributed by atoms with Crippen molar-refractivity contribution in [2.75, 3.05) is 18.1 Å². The molecule has 25 heavy (non-hydrogen) atoms. The Labute approximate surface area is 146 Å². The summed E-state index contributed by atoms with van der Waals surface area (Å²) < 4.78 is 11.1. The molecule has 0 bridgehead atoms. The Morgan fingerprint density at radius 2 is 1.76 bits per heavy atom. The summed E-state index contributed by atoms with van der Waals surface area (Å²) >= 11 is 0. The minimum atomic E-state index is -0.272. The molecule has 0 saturated heterocycles. The number of hydrogen-bond donors (Lipinski definition) is 0. The third kappa shape index (κ3) is 3.22. The van der Waals surface area contributed by atoms with E-state index in [2.05, 4.69) is 0 Å². The van der Waals surface area contributed by atoms with Crippen LogP contribution in [0.3, 0.4) is 0 Å². The summed E-state index contributed by atoms with van der Waals surface area (Å²) in [5.41, 5.74) is 1.69. The average molecular weight is 337 g/mol. The lowest BCUT2D eigenvalue weighted by atomic mass is 10.0. The molecule has 4 rings (SSSR count). The number of benzene rings is 2. The monoisotopic (exact) mass is 337 g/mol. The zero-order valence-corrected chi connectivity index (χ0v) is 13.8. The van der Waals surface area contributed by atoms with Crippen molar-refractivity contribution >= 4 is 17.6 Å².